The fourth-order valence-corrected chi connectivity index (χ4v) is 3.88. The van der Waals surface area contributed by atoms with E-state index in [0.29, 0.717) is 18.8 Å². The first kappa shape index (κ1) is 22.6. The van der Waals surface area contributed by atoms with Gasteiger partial charge >= 0.3 is 6.61 Å². The van der Waals surface area contributed by atoms with Crippen LogP contribution in [0.2, 0.25) is 0 Å². The molecule has 2 N–H and O–H groups in total. The van der Waals surface area contributed by atoms with Gasteiger partial charge in [0.15, 0.2) is 5.54 Å². The van der Waals surface area contributed by atoms with Gasteiger partial charge in [-0.15, -0.1) is 0 Å². The highest BCUT2D eigenvalue weighted by molar-refractivity contribution is 5.76. The predicted molar refractivity (Wildman–Crippen MR) is 119 cm³/mol. The van der Waals surface area contributed by atoms with Gasteiger partial charge in [0.25, 0.3) is 6.02 Å². The van der Waals surface area contributed by atoms with Crippen LogP contribution in [0.15, 0.2) is 60.1 Å². The predicted octanol–water partition coefficient (Wildman–Crippen LogP) is 4.18. The molecule has 0 unspecified atom stereocenters. The van der Waals surface area contributed by atoms with Crippen LogP contribution in [-0.4, -0.2) is 35.8 Å². The minimum Gasteiger partial charge on any atom is -0.462 e. The Kier molecular flexibility index (Phi) is 6.50. The van der Waals surface area contributed by atoms with Gasteiger partial charge in [0, 0.05) is 24.6 Å². The molecule has 0 fully saturated rings. The van der Waals surface area contributed by atoms with Crippen molar-refractivity contribution in [1.29, 1.82) is 0 Å². The zero-order valence-corrected chi connectivity index (χ0v) is 18.3. The average molecular weight is 454 g/mol. The molecule has 0 aliphatic carbocycles. The lowest BCUT2D eigenvalue weighted by atomic mass is 9.81. The quantitative estimate of drug-likeness (QED) is 0.549. The molecule has 9 heteroatoms. The fraction of sp³-hybridized carbons (Fsp3) is 0.292. The van der Waals surface area contributed by atoms with Crippen molar-refractivity contribution in [3.63, 3.8) is 0 Å². The standard InChI is InChI=1S/C24H24F2N4O3/c1-3-31-12-16-7-17(18-10-28-14-29-11-18)9-20(8-16)24(13-32-23(27)30-24)19-4-5-21(15(2)6-19)33-22(25)26/h4-11,14,22H,3,12-13H2,1-2H3,(H2,27,30)/t24-/m0/s1. The van der Waals surface area contributed by atoms with E-state index in [-0.39, 0.29) is 18.4 Å². The van der Waals surface area contributed by atoms with Gasteiger partial charge in [-0.1, -0.05) is 12.1 Å². The molecular formula is C24H24F2N4O3. The maximum atomic E-state index is 12.7. The van der Waals surface area contributed by atoms with Crippen LogP contribution in [0.4, 0.5) is 8.78 Å². The number of ether oxygens (including phenoxy) is 3. The van der Waals surface area contributed by atoms with Crippen molar-refractivity contribution in [3.8, 4) is 16.9 Å². The number of amidine groups is 1. The van der Waals surface area contributed by atoms with E-state index in [1.54, 1.807) is 31.5 Å². The second-order valence-electron chi connectivity index (χ2n) is 7.64. The molecule has 1 aliphatic rings. The highest BCUT2D eigenvalue weighted by atomic mass is 19.3. The van der Waals surface area contributed by atoms with E-state index in [1.807, 2.05) is 25.1 Å². The summed E-state index contributed by atoms with van der Waals surface area (Å²) in [6.07, 6.45) is 4.93. The molecule has 1 atom stereocenters. The molecule has 7 nitrogen and oxygen atoms in total. The van der Waals surface area contributed by atoms with E-state index < -0.39 is 12.2 Å². The van der Waals surface area contributed by atoms with E-state index in [4.69, 9.17) is 15.2 Å². The van der Waals surface area contributed by atoms with Crippen LogP contribution >= 0.6 is 0 Å². The monoisotopic (exact) mass is 454 g/mol. The molecule has 0 saturated carbocycles. The number of alkyl halides is 2. The Morgan fingerprint density at radius 3 is 2.52 bits per heavy atom. The first-order valence-corrected chi connectivity index (χ1v) is 10.4. The van der Waals surface area contributed by atoms with Gasteiger partial charge in [-0.2, -0.15) is 8.78 Å². The minimum atomic E-state index is -2.90. The van der Waals surface area contributed by atoms with E-state index in [2.05, 4.69) is 19.7 Å². The topological polar surface area (TPSA) is 91.9 Å². The van der Waals surface area contributed by atoms with Gasteiger partial charge in [-0.05, 0) is 65.9 Å². The van der Waals surface area contributed by atoms with Gasteiger partial charge in [0.2, 0.25) is 0 Å². The summed E-state index contributed by atoms with van der Waals surface area (Å²) in [5.74, 6) is 0.104. The molecule has 172 valence electrons. The van der Waals surface area contributed by atoms with Gasteiger partial charge in [0.1, 0.15) is 18.7 Å². The summed E-state index contributed by atoms with van der Waals surface area (Å²) in [5.41, 5.74) is 9.74. The number of hydrogen-bond donors (Lipinski definition) is 1. The van der Waals surface area contributed by atoms with Crippen LogP contribution < -0.4 is 10.5 Å². The highest BCUT2D eigenvalue weighted by Gasteiger charge is 2.41. The summed E-state index contributed by atoms with van der Waals surface area (Å²) in [6, 6.07) is 11.0. The maximum Gasteiger partial charge on any atom is 0.387 e. The molecule has 3 aromatic rings. The van der Waals surface area contributed by atoms with Crippen molar-refractivity contribution < 1.29 is 23.0 Å². The molecule has 1 aliphatic heterocycles. The summed E-state index contributed by atoms with van der Waals surface area (Å²) in [7, 11) is 0. The second kappa shape index (κ2) is 9.50. The number of aliphatic imine (C=N–C) groups is 1. The first-order chi connectivity index (χ1) is 15.9. The summed E-state index contributed by atoms with van der Waals surface area (Å²) < 4.78 is 41.3. The van der Waals surface area contributed by atoms with Crippen LogP contribution in [0.3, 0.4) is 0 Å². The summed E-state index contributed by atoms with van der Waals surface area (Å²) in [6.45, 7) is 1.86. The zero-order valence-electron chi connectivity index (χ0n) is 18.3. The van der Waals surface area contributed by atoms with Crippen molar-refractivity contribution in [2.24, 2.45) is 10.7 Å². The van der Waals surface area contributed by atoms with Gasteiger partial charge in [0.05, 0.1) is 6.61 Å². The second-order valence-corrected chi connectivity index (χ2v) is 7.64. The Morgan fingerprint density at radius 1 is 1.09 bits per heavy atom. The molecule has 2 heterocycles. The third-order valence-electron chi connectivity index (χ3n) is 5.44. The Morgan fingerprint density at radius 2 is 1.88 bits per heavy atom. The van der Waals surface area contributed by atoms with Gasteiger partial charge < -0.3 is 19.9 Å². The van der Waals surface area contributed by atoms with E-state index in [1.165, 1.54) is 12.4 Å². The van der Waals surface area contributed by atoms with Gasteiger partial charge in [-0.3, -0.25) is 0 Å². The SMILES string of the molecule is CCOCc1cc(-c2cncnc2)cc([C@@]2(c3ccc(OC(F)F)c(C)c3)COC(N)=N2)c1. The zero-order chi connectivity index (χ0) is 23.4. The summed E-state index contributed by atoms with van der Waals surface area (Å²) in [5, 5.41) is 0. The maximum absolute atomic E-state index is 12.7. The third-order valence-corrected chi connectivity index (χ3v) is 5.44. The number of nitrogens with zero attached hydrogens (tertiary/aromatic N) is 3. The number of hydrogen-bond acceptors (Lipinski definition) is 7. The molecule has 0 bridgehead atoms. The van der Waals surface area contributed by atoms with Crippen LogP contribution in [-0.2, 0) is 21.6 Å². The number of aromatic nitrogens is 2. The van der Waals surface area contributed by atoms with Crippen LogP contribution in [0, 0.1) is 6.92 Å². The molecule has 1 aromatic heterocycles. The number of rotatable bonds is 8. The van der Waals surface area contributed by atoms with Crippen molar-refractivity contribution >= 4 is 6.02 Å². The molecule has 33 heavy (non-hydrogen) atoms. The first-order valence-electron chi connectivity index (χ1n) is 10.4. The van der Waals surface area contributed by atoms with Crippen molar-refractivity contribution in [1.82, 2.24) is 9.97 Å². The number of nitrogens with two attached hydrogens (primary N) is 1. The van der Waals surface area contributed by atoms with E-state index in [9.17, 15) is 8.78 Å². The Bertz CT molecular complexity index is 1160. The van der Waals surface area contributed by atoms with Crippen LogP contribution in [0.1, 0.15) is 29.2 Å². The van der Waals surface area contributed by atoms with Crippen molar-refractivity contribution in [3.05, 3.63) is 77.4 Å². The third kappa shape index (κ3) is 4.78. The summed E-state index contributed by atoms with van der Waals surface area (Å²) in [4.78, 5) is 12.9. The lowest BCUT2D eigenvalue weighted by Gasteiger charge is -2.27. The summed E-state index contributed by atoms with van der Waals surface area (Å²) >= 11 is 0. The van der Waals surface area contributed by atoms with E-state index >= 15 is 0 Å². The Balaban J connectivity index is 1.86. The number of halogens is 2. The molecular weight excluding hydrogens is 430 g/mol. The normalized spacial score (nSPS) is 17.7. The fourth-order valence-electron chi connectivity index (χ4n) is 3.88. The molecule has 0 amide bonds. The smallest absolute Gasteiger partial charge is 0.387 e. The number of benzene rings is 2. The molecule has 0 radical (unpaired) electrons. The number of aryl methyl sites for hydroxylation is 1. The highest BCUT2D eigenvalue weighted by Crippen LogP contribution is 2.41. The van der Waals surface area contributed by atoms with Gasteiger partial charge in [-0.25, -0.2) is 15.0 Å². The largest absolute Gasteiger partial charge is 0.462 e. The van der Waals surface area contributed by atoms with E-state index in [0.717, 1.165) is 27.8 Å². The molecule has 0 saturated heterocycles. The van der Waals surface area contributed by atoms with Crippen LogP contribution in [0.5, 0.6) is 5.75 Å². The Labute approximate surface area is 190 Å². The average Bonchev–Trinajstić information content (AvgIpc) is 3.22. The lowest BCUT2D eigenvalue weighted by molar-refractivity contribution is -0.0503. The molecule has 4 rings (SSSR count). The molecule has 0 spiro atoms. The Hall–Kier alpha value is -3.59. The molecule has 2 aromatic carbocycles. The lowest BCUT2D eigenvalue weighted by Crippen LogP contribution is -2.27. The van der Waals surface area contributed by atoms with Crippen molar-refractivity contribution in [2.75, 3.05) is 13.2 Å². The minimum absolute atomic E-state index is 0.0559. The van der Waals surface area contributed by atoms with Crippen LogP contribution in [0.25, 0.3) is 11.1 Å². The van der Waals surface area contributed by atoms with Crippen molar-refractivity contribution in [2.45, 2.75) is 32.6 Å².